The van der Waals surface area contributed by atoms with Gasteiger partial charge < -0.3 is 65.0 Å². The van der Waals surface area contributed by atoms with E-state index in [1.54, 1.807) is 0 Å². The van der Waals surface area contributed by atoms with Crippen molar-refractivity contribution in [2.45, 2.75) is 54.9 Å². The number of fused-ring (bicyclic) bond motifs is 1. The van der Waals surface area contributed by atoms with Crippen LogP contribution in [0.5, 0.6) is 17.2 Å². The smallest absolute Gasteiger partial charge is 0.197 e. The minimum atomic E-state index is -1.98. The maximum atomic E-state index is 13.4. The van der Waals surface area contributed by atoms with Gasteiger partial charge in [0.05, 0.1) is 24.3 Å². The van der Waals surface area contributed by atoms with Crippen molar-refractivity contribution in [1.82, 2.24) is 0 Å². The summed E-state index contributed by atoms with van der Waals surface area (Å²) in [6, 6.07) is 6.50. The second-order valence-electron chi connectivity index (χ2n) is 9.80. The van der Waals surface area contributed by atoms with Crippen molar-refractivity contribution in [3.63, 3.8) is 0 Å². The quantitative estimate of drug-likeness (QED) is 0.169. The van der Waals surface area contributed by atoms with Gasteiger partial charge in [-0.15, -0.1) is 0 Å². The highest BCUT2D eigenvalue weighted by Gasteiger charge is 2.48. The Balaban J connectivity index is 1.80. The molecule has 216 valence electrons. The lowest BCUT2D eigenvalue weighted by Crippen LogP contribution is -2.55. The molecule has 10 N–H and O–H groups in total. The predicted octanol–water partition coefficient (Wildman–Crippen LogP) is -1.75. The number of benzene rings is 2. The van der Waals surface area contributed by atoms with Gasteiger partial charge in [-0.1, -0.05) is 0 Å². The van der Waals surface area contributed by atoms with Crippen LogP contribution in [0, 0.1) is 0 Å². The summed E-state index contributed by atoms with van der Waals surface area (Å²) in [5, 5.41) is 104. The topological polar surface area (TPSA) is 251 Å². The van der Waals surface area contributed by atoms with Gasteiger partial charge in [-0.05, 0) is 24.3 Å². The summed E-state index contributed by atoms with van der Waals surface area (Å²) in [6.07, 6.45) is -15.7. The molecule has 2 fully saturated rings. The van der Waals surface area contributed by atoms with Crippen molar-refractivity contribution >= 4 is 11.0 Å². The SMILES string of the molecule is O=c1cc(-c2ccc(O)cc2)oc2c([C@@H]3OC[C@@H](O)[C@@H](O)[C@@H]3O)c(O)c([C@@H]3O[C@@H](CO)[C@H](O)[C@@H](O)[C@@H]3O)c(O)c12. The fourth-order valence-electron chi connectivity index (χ4n) is 5.11. The van der Waals surface area contributed by atoms with Crippen LogP contribution < -0.4 is 5.43 Å². The van der Waals surface area contributed by atoms with Crippen molar-refractivity contribution in [2.24, 2.45) is 0 Å². The zero-order valence-corrected chi connectivity index (χ0v) is 20.6. The van der Waals surface area contributed by atoms with Crippen molar-refractivity contribution < 1.29 is 65.0 Å². The molecule has 0 saturated carbocycles. The molecule has 0 unspecified atom stereocenters. The van der Waals surface area contributed by atoms with Crippen molar-refractivity contribution in [2.75, 3.05) is 13.2 Å². The van der Waals surface area contributed by atoms with Gasteiger partial charge in [-0.3, -0.25) is 4.79 Å². The van der Waals surface area contributed by atoms with Gasteiger partial charge in [-0.2, -0.15) is 0 Å². The number of aliphatic hydroxyl groups is 7. The summed E-state index contributed by atoms with van der Waals surface area (Å²) in [4.78, 5) is 13.4. The third-order valence-corrected chi connectivity index (χ3v) is 7.31. The van der Waals surface area contributed by atoms with Gasteiger partial charge in [0.2, 0.25) is 0 Å². The van der Waals surface area contributed by atoms with Gasteiger partial charge in [-0.25, -0.2) is 0 Å². The molecule has 2 aromatic carbocycles. The van der Waals surface area contributed by atoms with Crippen LogP contribution in [0.1, 0.15) is 23.3 Å². The molecule has 14 nitrogen and oxygen atoms in total. The molecule has 0 amide bonds. The Hall–Kier alpha value is -3.31. The Labute approximate surface area is 224 Å². The normalized spacial score (nSPS) is 32.8. The molecule has 2 aliphatic rings. The second kappa shape index (κ2) is 10.6. The zero-order chi connectivity index (χ0) is 29.0. The number of phenolic OH excluding ortho intramolecular Hbond substituents is 3. The van der Waals surface area contributed by atoms with E-state index in [-0.39, 0.29) is 11.5 Å². The molecule has 0 spiro atoms. The van der Waals surface area contributed by atoms with E-state index in [1.807, 2.05) is 0 Å². The largest absolute Gasteiger partial charge is 0.508 e. The summed E-state index contributed by atoms with van der Waals surface area (Å²) in [5.41, 5.74) is -2.15. The summed E-state index contributed by atoms with van der Waals surface area (Å²) >= 11 is 0. The van der Waals surface area contributed by atoms with E-state index in [2.05, 4.69) is 0 Å². The maximum absolute atomic E-state index is 13.4. The Kier molecular flexibility index (Phi) is 7.47. The summed E-state index contributed by atoms with van der Waals surface area (Å²) in [5.74, 6) is -2.01. The highest BCUT2D eigenvalue weighted by molar-refractivity contribution is 5.92. The lowest BCUT2D eigenvalue weighted by molar-refractivity contribution is -0.232. The first kappa shape index (κ1) is 28.2. The van der Waals surface area contributed by atoms with E-state index in [9.17, 15) is 55.9 Å². The van der Waals surface area contributed by atoms with Gasteiger partial charge >= 0.3 is 0 Å². The molecule has 5 rings (SSSR count). The Morgan fingerprint density at radius 3 is 2.08 bits per heavy atom. The van der Waals surface area contributed by atoms with E-state index in [0.29, 0.717) is 5.56 Å². The van der Waals surface area contributed by atoms with Crippen LogP contribution in [0.2, 0.25) is 0 Å². The number of hydrogen-bond donors (Lipinski definition) is 10. The van der Waals surface area contributed by atoms with Gasteiger partial charge in [0.25, 0.3) is 0 Å². The summed E-state index contributed by atoms with van der Waals surface area (Å²) < 4.78 is 16.9. The molecule has 9 atom stereocenters. The number of phenols is 3. The van der Waals surface area contributed by atoms with Crippen LogP contribution in [-0.4, -0.2) is 107 Å². The molecule has 2 aliphatic heterocycles. The fraction of sp³-hybridized carbons (Fsp3) is 0.423. The monoisotopic (exact) mass is 564 g/mol. The summed E-state index contributed by atoms with van der Waals surface area (Å²) in [7, 11) is 0. The van der Waals surface area contributed by atoms with Gasteiger partial charge in [0.15, 0.2) is 11.0 Å². The molecular formula is C26H28O14. The van der Waals surface area contributed by atoms with Crippen molar-refractivity contribution in [3.8, 4) is 28.6 Å². The van der Waals surface area contributed by atoms with Crippen LogP contribution in [0.4, 0.5) is 0 Å². The molecule has 0 aliphatic carbocycles. The first-order valence-electron chi connectivity index (χ1n) is 12.3. The second-order valence-corrected chi connectivity index (χ2v) is 9.80. The van der Waals surface area contributed by atoms with Gasteiger partial charge in [0, 0.05) is 11.6 Å². The molecule has 3 aromatic rings. The van der Waals surface area contributed by atoms with Crippen LogP contribution >= 0.6 is 0 Å². The third-order valence-electron chi connectivity index (χ3n) is 7.31. The third kappa shape index (κ3) is 4.49. The fourth-order valence-corrected chi connectivity index (χ4v) is 5.11. The standard InChI is InChI=1S/C26H28O14/c27-6-13-18(32)21(35)23(37)26(40-13)15-19(33)14-10(29)5-12(8-1-3-9(28)4-2-8)39-24(14)16(20(15)34)25-22(36)17(31)11(30)7-38-25/h1-5,11,13,17-18,21-23,25-28,30-37H,6-7H2/t11-,13+,17-,18+,21-,22+,23+,25+,26+/m1/s1. The lowest BCUT2D eigenvalue weighted by Gasteiger charge is -2.41. The van der Waals surface area contributed by atoms with Crippen LogP contribution in [-0.2, 0) is 9.47 Å². The van der Waals surface area contributed by atoms with Crippen molar-refractivity contribution in [1.29, 1.82) is 0 Å². The van der Waals surface area contributed by atoms with Crippen LogP contribution in [0.3, 0.4) is 0 Å². The van der Waals surface area contributed by atoms with Crippen LogP contribution in [0.25, 0.3) is 22.3 Å². The minimum Gasteiger partial charge on any atom is -0.508 e. The lowest BCUT2D eigenvalue weighted by atomic mass is 9.85. The molecular weight excluding hydrogens is 536 g/mol. The molecule has 2 saturated heterocycles. The van der Waals surface area contributed by atoms with E-state index in [0.717, 1.165) is 6.07 Å². The molecule has 14 heteroatoms. The molecule has 0 radical (unpaired) electrons. The van der Waals surface area contributed by atoms with Crippen molar-refractivity contribution in [3.05, 3.63) is 51.7 Å². The van der Waals surface area contributed by atoms with Crippen LogP contribution in [0.15, 0.2) is 39.5 Å². The Morgan fingerprint density at radius 1 is 0.775 bits per heavy atom. The maximum Gasteiger partial charge on any atom is 0.197 e. The highest BCUT2D eigenvalue weighted by atomic mass is 16.5. The predicted molar refractivity (Wildman–Crippen MR) is 132 cm³/mol. The highest BCUT2D eigenvalue weighted by Crippen LogP contribution is 2.50. The van der Waals surface area contributed by atoms with E-state index in [4.69, 9.17) is 13.9 Å². The zero-order valence-electron chi connectivity index (χ0n) is 20.6. The number of hydrogen-bond acceptors (Lipinski definition) is 14. The minimum absolute atomic E-state index is 0.0710. The Bertz CT molecular complexity index is 1450. The van der Waals surface area contributed by atoms with E-state index in [1.165, 1.54) is 24.3 Å². The number of rotatable bonds is 4. The molecule has 40 heavy (non-hydrogen) atoms. The molecule has 0 bridgehead atoms. The average Bonchev–Trinajstić information content (AvgIpc) is 2.92. The Morgan fingerprint density at radius 2 is 1.43 bits per heavy atom. The molecule has 1 aromatic heterocycles. The average molecular weight is 564 g/mol. The van der Waals surface area contributed by atoms with Gasteiger partial charge in [0.1, 0.15) is 83.3 Å². The van der Waals surface area contributed by atoms with E-state index >= 15 is 0 Å². The summed E-state index contributed by atoms with van der Waals surface area (Å²) in [6.45, 7) is -1.34. The molecule has 3 heterocycles. The first-order chi connectivity index (χ1) is 19.0. The van der Waals surface area contributed by atoms with E-state index < -0.39 is 107 Å². The first-order valence-corrected chi connectivity index (χ1v) is 12.3. The number of aliphatic hydroxyl groups excluding tert-OH is 7. The number of ether oxygens (including phenoxy) is 2. The number of aromatic hydroxyl groups is 3.